The van der Waals surface area contributed by atoms with Crippen LogP contribution in [0.25, 0.3) is 11.5 Å². The van der Waals surface area contributed by atoms with Gasteiger partial charge in [-0.2, -0.15) is 0 Å². The lowest BCUT2D eigenvalue weighted by Gasteiger charge is -2.07. The van der Waals surface area contributed by atoms with Crippen molar-refractivity contribution in [1.29, 1.82) is 0 Å². The van der Waals surface area contributed by atoms with Gasteiger partial charge in [0.05, 0.1) is 16.9 Å². The van der Waals surface area contributed by atoms with Crippen LogP contribution in [-0.4, -0.2) is 24.5 Å². The Balaban J connectivity index is 1.50. The molecule has 0 saturated heterocycles. The molecule has 146 valence electrons. The summed E-state index contributed by atoms with van der Waals surface area (Å²) in [6.07, 6.45) is 2.52. The summed E-state index contributed by atoms with van der Waals surface area (Å²) in [5, 5.41) is 10.1. The lowest BCUT2D eigenvalue weighted by Crippen LogP contribution is -2.14. The van der Waals surface area contributed by atoms with Crippen LogP contribution in [0.2, 0.25) is 0 Å². The van der Waals surface area contributed by atoms with E-state index in [2.05, 4.69) is 15.5 Å². The Morgan fingerprint density at radius 3 is 2.41 bits per heavy atom. The zero-order valence-electron chi connectivity index (χ0n) is 15.0. The monoisotopic (exact) mass is 409 g/mol. The molecule has 0 spiro atoms. The Morgan fingerprint density at radius 2 is 1.72 bits per heavy atom. The van der Waals surface area contributed by atoms with Crippen molar-refractivity contribution in [2.24, 2.45) is 0 Å². The molecule has 8 nitrogen and oxygen atoms in total. The molecule has 1 amide bonds. The van der Waals surface area contributed by atoms with Crippen molar-refractivity contribution in [3.05, 3.63) is 84.6 Å². The quantitative estimate of drug-likeness (QED) is 0.518. The Bertz CT molecular complexity index is 1210. The first-order valence-electron chi connectivity index (χ1n) is 8.55. The summed E-state index contributed by atoms with van der Waals surface area (Å²) in [4.78, 5) is 12.8. The summed E-state index contributed by atoms with van der Waals surface area (Å²) in [6.45, 7) is 0. The highest BCUT2D eigenvalue weighted by atomic mass is 32.2. The lowest BCUT2D eigenvalue weighted by atomic mass is 10.2. The Hall–Kier alpha value is -3.72. The zero-order valence-corrected chi connectivity index (χ0v) is 15.8. The minimum Gasteiger partial charge on any atom is -0.459 e. The molecule has 4 aromatic rings. The van der Waals surface area contributed by atoms with Gasteiger partial charge in [-0.3, -0.25) is 4.79 Å². The largest absolute Gasteiger partial charge is 0.459 e. The maximum Gasteiger partial charge on any atom is 0.291 e. The van der Waals surface area contributed by atoms with Gasteiger partial charge in [0.15, 0.2) is 15.6 Å². The molecule has 2 heterocycles. The van der Waals surface area contributed by atoms with Gasteiger partial charge in [-0.25, -0.2) is 8.42 Å². The van der Waals surface area contributed by atoms with Crippen molar-refractivity contribution in [2.75, 3.05) is 5.32 Å². The molecule has 0 aliphatic heterocycles. The summed E-state index contributed by atoms with van der Waals surface area (Å²) < 4.78 is 35.5. The number of carbonyl (C=O) groups excluding carboxylic acids is 1. The predicted octanol–water partition coefficient (Wildman–Crippen LogP) is 3.56. The number of nitrogens with zero attached hydrogens (tertiary/aromatic N) is 2. The van der Waals surface area contributed by atoms with Gasteiger partial charge in [-0.15, -0.1) is 10.2 Å². The second kappa shape index (κ2) is 7.72. The average molecular weight is 409 g/mol. The molecule has 0 atom stereocenters. The van der Waals surface area contributed by atoms with Gasteiger partial charge in [0, 0.05) is 16.8 Å². The van der Waals surface area contributed by atoms with E-state index in [-0.39, 0.29) is 22.0 Å². The van der Waals surface area contributed by atoms with E-state index in [0.717, 1.165) is 0 Å². The molecule has 0 aliphatic rings. The van der Waals surface area contributed by atoms with Gasteiger partial charge in [0.25, 0.3) is 5.91 Å². The number of carbonyl (C=O) groups is 1. The highest BCUT2D eigenvalue weighted by molar-refractivity contribution is 7.90. The van der Waals surface area contributed by atoms with Crippen LogP contribution in [0.15, 0.2) is 87.1 Å². The summed E-state index contributed by atoms with van der Waals surface area (Å²) in [6, 6.07) is 16.3. The first-order chi connectivity index (χ1) is 14.0. The molecule has 0 aliphatic carbocycles. The Labute approximate surface area is 166 Å². The van der Waals surface area contributed by atoms with Crippen LogP contribution in [0, 0.1) is 0 Å². The molecule has 2 aromatic carbocycles. The molecule has 0 saturated carbocycles. The average Bonchev–Trinajstić information content (AvgIpc) is 3.41. The number of anilines is 1. The van der Waals surface area contributed by atoms with E-state index < -0.39 is 15.7 Å². The molecule has 0 unspecified atom stereocenters. The highest BCUT2D eigenvalue weighted by Gasteiger charge is 2.22. The lowest BCUT2D eigenvalue weighted by molar-refractivity contribution is 0.0996. The van der Waals surface area contributed by atoms with Crippen LogP contribution >= 0.6 is 0 Å². The van der Waals surface area contributed by atoms with E-state index >= 15 is 0 Å². The van der Waals surface area contributed by atoms with Crippen LogP contribution < -0.4 is 5.32 Å². The van der Waals surface area contributed by atoms with Gasteiger partial charge in [-0.05, 0) is 42.5 Å². The molecule has 4 rings (SSSR count). The van der Waals surface area contributed by atoms with Gasteiger partial charge in [-0.1, -0.05) is 18.2 Å². The number of rotatable bonds is 6. The van der Waals surface area contributed by atoms with Gasteiger partial charge in [0.1, 0.15) is 0 Å². The number of hydrogen-bond acceptors (Lipinski definition) is 7. The second-order valence-electron chi connectivity index (χ2n) is 6.12. The molecule has 29 heavy (non-hydrogen) atoms. The van der Waals surface area contributed by atoms with Crippen LogP contribution in [0.5, 0.6) is 0 Å². The van der Waals surface area contributed by atoms with E-state index in [0.29, 0.717) is 17.1 Å². The highest BCUT2D eigenvalue weighted by Crippen LogP contribution is 2.22. The minimum atomic E-state index is -3.61. The fraction of sp³-hybridized carbons (Fsp3) is 0.0500. The van der Waals surface area contributed by atoms with E-state index in [1.165, 1.54) is 30.9 Å². The first-order valence-corrected chi connectivity index (χ1v) is 10.2. The zero-order chi connectivity index (χ0) is 20.3. The van der Waals surface area contributed by atoms with Crippen molar-refractivity contribution in [3.8, 4) is 11.5 Å². The number of nitrogens with one attached hydrogen (secondary N) is 1. The number of sulfone groups is 1. The Kier molecular flexibility index (Phi) is 4.96. The van der Waals surface area contributed by atoms with Crippen molar-refractivity contribution < 1.29 is 22.0 Å². The molecular formula is C20H15N3O5S. The molecule has 9 heteroatoms. The molecule has 0 fully saturated rings. The molecule has 0 radical (unpaired) electrons. The third-order valence-corrected chi connectivity index (χ3v) is 5.83. The van der Waals surface area contributed by atoms with Crippen LogP contribution in [0.1, 0.15) is 16.1 Å². The fourth-order valence-corrected chi connectivity index (χ4v) is 4.12. The maximum absolute atomic E-state index is 12.6. The fourth-order valence-electron chi connectivity index (χ4n) is 2.75. The van der Waals surface area contributed by atoms with E-state index in [1.54, 1.807) is 42.5 Å². The summed E-state index contributed by atoms with van der Waals surface area (Å²) >= 11 is 0. The minimum absolute atomic E-state index is 0.0505. The van der Waals surface area contributed by atoms with E-state index in [9.17, 15) is 13.2 Å². The van der Waals surface area contributed by atoms with Crippen LogP contribution in [-0.2, 0) is 15.6 Å². The van der Waals surface area contributed by atoms with Gasteiger partial charge < -0.3 is 14.2 Å². The van der Waals surface area contributed by atoms with Crippen LogP contribution in [0.4, 0.5) is 5.69 Å². The smallest absolute Gasteiger partial charge is 0.291 e. The van der Waals surface area contributed by atoms with E-state index in [4.69, 9.17) is 8.83 Å². The normalized spacial score (nSPS) is 11.3. The summed E-state index contributed by atoms with van der Waals surface area (Å²) in [7, 11) is -3.61. The topological polar surface area (TPSA) is 115 Å². The third-order valence-electron chi connectivity index (χ3n) is 4.15. The predicted molar refractivity (Wildman–Crippen MR) is 104 cm³/mol. The first kappa shape index (κ1) is 18.6. The summed E-state index contributed by atoms with van der Waals surface area (Å²) in [5.41, 5.74) is 1.49. The van der Waals surface area contributed by atoms with Crippen LogP contribution in [0.3, 0.4) is 0 Å². The summed E-state index contributed by atoms with van der Waals surface area (Å²) in [5.74, 6) is -0.571. The number of hydrogen-bond donors (Lipinski definition) is 1. The SMILES string of the molecule is O=C(Nc1ccc(-c2nnco2)cc1)c1occc1CS(=O)(=O)c1ccccc1. The van der Waals surface area contributed by atoms with Crippen molar-refractivity contribution >= 4 is 21.4 Å². The number of furan rings is 1. The number of benzene rings is 2. The molecule has 2 aromatic heterocycles. The van der Waals surface area contributed by atoms with Crippen molar-refractivity contribution in [3.63, 3.8) is 0 Å². The van der Waals surface area contributed by atoms with Crippen molar-refractivity contribution in [1.82, 2.24) is 10.2 Å². The number of aromatic nitrogens is 2. The second-order valence-corrected chi connectivity index (χ2v) is 8.11. The standard InChI is InChI=1S/C20H15N3O5S/c24-19(22-16-8-6-14(7-9-16)20-23-21-13-28-20)18-15(10-11-27-18)12-29(25,26)17-4-2-1-3-5-17/h1-11,13H,12H2,(H,22,24). The number of amides is 1. The molecule has 1 N–H and O–H groups in total. The molecule has 0 bridgehead atoms. The van der Waals surface area contributed by atoms with Gasteiger partial charge >= 0.3 is 0 Å². The molecular weight excluding hydrogens is 394 g/mol. The Morgan fingerprint density at radius 1 is 0.966 bits per heavy atom. The van der Waals surface area contributed by atoms with E-state index in [1.807, 2.05) is 0 Å². The maximum atomic E-state index is 12.6. The van der Waals surface area contributed by atoms with Crippen molar-refractivity contribution in [2.45, 2.75) is 10.6 Å². The van der Waals surface area contributed by atoms with Gasteiger partial charge in [0.2, 0.25) is 12.3 Å². The third kappa shape index (κ3) is 4.09.